The average molecular weight is 795 g/mol. The number of nitrogens with zero attached hydrogens (tertiary/aromatic N) is 6. The number of aromatic nitrogens is 2. The summed E-state index contributed by atoms with van der Waals surface area (Å²) < 4.78 is 23.3. The number of carbonyl (C=O) groups excluding carboxylic acids is 6. The largest absolute Gasteiger partial charge is 0.467 e. The van der Waals surface area contributed by atoms with E-state index in [1.165, 1.54) is 15.6 Å². The molecule has 310 valence electrons. The van der Waals surface area contributed by atoms with Crippen LogP contribution in [0.5, 0.6) is 5.88 Å². The summed E-state index contributed by atoms with van der Waals surface area (Å²) in [4.78, 5) is 86.1. The van der Waals surface area contributed by atoms with Gasteiger partial charge in [-0.05, 0) is 57.6 Å². The van der Waals surface area contributed by atoms with Gasteiger partial charge in [-0.3, -0.25) is 28.9 Å². The second-order valence-corrected chi connectivity index (χ2v) is 14.5. The van der Waals surface area contributed by atoms with Gasteiger partial charge in [-0.25, -0.2) is 9.48 Å². The van der Waals surface area contributed by atoms with E-state index < -0.39 is 36.0 Å². The SMILES string of the molecule is CCOC(=O)N1CCN(C(=O)C(CCC(=O)OCCN2CCOCC2)NC(=O)c2cc(OCC(=O)N3CCCC3C(=O)NC3CCC3)n(-c3ccccc3)n2)CC1. The number of morpholine rings is 1. The van der Waals surface area contributed by atoms with Gasteiger partial charge in [0, 0.05) is 70.9 Å². The highest BCUT2D eigenvalue weighted by Crippen LogP contribution is 2.24. The lowest BCUT2D eigenvalue weighted by molar-refractivity contribution is -0.145. The zero-order valence-corrected chi connectivity index (χ0v) is 32.6. The van der Waals surface area contributed by atoms with Crippen molar-refractivity contribution in [2.45, 2.75) is 70.0 Å². The molecule has 2 aromatic rings. The van der Waals surface area contributed by atoms with Crippen LogP contribution in [0.3, 0.4) is 0 Å². The van der Waals surface area contributed by atoms with Crippen LogP contribution in [0.1, 0.15) is 62.4 Å². The molecule has 2 atom stereocenters. The van der Waals surface area contributed by atoms with Crippen molar-refractivity contribution in [3.63, 3.8) is 0 Å². The van der Waals surface area contributed by atoms with Crippen LogP contribution in [-0.4, -0.2) is 169 Å². The maximum absolute atomic E-state index is 13.9. The van der Waals surface area contributed by atoms with Crippen molar-refractivity contribution in [1.29, 1.82) is 0 Å². The predicted octanol–water partition coefficient (Wildman–Crippen LogP) is 0.966. The van der Waals surface area contributed by atoms with Crippen LogP contribution in [0.25, 0.3) is 5.69 Å². The molecule has 18 nitrogen and oxygen atoms in total. The van der Waals surface area contributed by atoms with Crippen molar-refractivity contribution in [2.75, 3.05) is 85.4 Å². The predicted molar refractivity (Wildman–Crippen MR) is 203 cm³/mol. The Bertz CT molecular complexity index is 1710. The first kappa shape index (κ1) is 41.4. The Morgan fingerprint density at radius 1 is 0.895 bits per heavy atom. The topological polar surface area (TPSA) is 194 Å². The highest BCUT2D eigenvalue weighted by atomic mass is 16.6. The van der Waals surface area contributed by atoms with Crippen LogP contribution < -0.4 is 15.4 Å². The number of esters is 1. The number of likely N-dealkylation sites (tertiary alicyclic amines) is 1. The highest BCUT2D eigenvalue weighted by molar-refractivity contribution is 5.96. The Kier molecular flexibility index (Phi) is 14.7. The van der Waals surface area contributed by atoms with Gasteiger partial charge in [0.25, 0.3) is 11.8 Å². The molecule has 1 aromatic heterocycles. The Hall–Kier alpha value is -5.23. The van der Waals surface area contributed by atoms with E-state index in [1.54, 1.807) is 41.0 Å². The standard InChI is InChI=1S/C39H54N8O10/c1-2-55-39(53)45-18-16-44(17-19-45)38(52)30(13-14-35(49)56-25-22-43-20-23-54-24-21-43)41-36(50)31-26-34(47(42-31)29-10-4-3-5-11-29)57-27-33(48)46-15-7-12-32(46)37(51)40-28-8-6-9-28/h3-5,10-11,26,28,30,32H,2,6-9,12-25,27H2,1H3,(H,40,51)(H,41,50). The molecular formula is C39H54N8O10. The summed E-state index contributed by atoms with van der Waals surface area (Å²) >= 11 is 0. The number of hydrogen-bond donors (Lipinski definition) is 2. The maximum atomic E-state index is 13.9. The van der Waals surface area contributed by atoms with Crippen molar-refractivity contribution in [2.24, 2.45) is 0 Å². The molecule has 3 saturated heterocycles. The lowest BCUT2D eigenvalue weighted by atomic mass is 9.93. The van der Waals surface area contributed by atoms with E-state index in [1.807, 2.05) is 6.07 Å². The Morgan fingerprint density at radius 3 is 2.33 bits per heavy atom. The molecule has 6 rings (SSSR count). The van der Waals surface area contributed by atoms with Gasteiger partial charge < -0.3 is 44.3 Å². The summed E-state index contributed by atoms with van der Waals surface area (Å²) in [7, 11) is 0. The third-order valence-electron chi connectivity index (χ3n) is 10.7. The van der Waals surface area contributed by atoms with E-state index in [4.69, 9.17) is 18.9 Å². The molecule has 3 aliphatic heterocycles. The number of rotatable bonds is 16. The molecule has 4 aliphatic rings. The normalized spacial score (nSPS) is 19.3. The molecule has 0 bridgehead atoms. The molecule has 57 heavy (non-hydrogen) atoms. The number of amides is 5. The third-order valence-corrected chi connectivity index (χ3v) is 10.7. The Morgan fingerprint density at radius 2 is 1.63 bits per heavy atom. The average Bonchev–Trinajstić information content (AvgIpc) is 3.89. The fourth-order valence-corrected chi connectivity index (χ4v) is 7.22. The molecule has 4 heterocycles. The number of ether oxygens (including phenoxy) is 4. The molecule has 2 unspecified atom stereocenters. The van der Waals surface area contributed by atoms with E-state index in [0.29, 0.717) is 44.8 Å². The summed E-state index contributed by atoms with van der Waals surface area (Å²) in [6.45, 7) is 6.43. The molecular weight excluding hydrogens is 740 g/mol. The Balaban J connectivity index is 1.12. The second-order valence-electron chi connectivity index (χ2n) is 14.5. The molecule has 1 aliphatic carbocycles. The van der Waals surface area contributed by atoms with Gasteiger partial charge in [-0.1, -0.05) is 18.2 Å². The quantitative estimate of drug-likeness (QED) is 0.229. The van der Waals surface area contributed by atoms with Gasteiger partial charge in [0.1, 0.15) is 18.7 Å². The van der Waals surface area contributed by atoms with E-state index in [-0.39, 0.29) is 88.3 Å². The monoisotopic (exact) mass is 794 g/mol. The van der Waals surface area contributed by atoms with Crippen LogP contribution in [0.2, 0.25) is 0 Å². The minimum atomic E-state index is -1.12. The number of para-hydroxylation sites is 1. The van der Waals surface area contributed by atoms with Gasteiger partial charge in [-0.2, -0.15) is 5.10 Å². The summed E-state index contributed by atoms with van der Waals surface area (Å²) in [5, 5.41) is 10.3. The maximum Gasteiger partial charge on any atom is 0.409 e. The number of nitrogens with one attached hydrogen (secondary N) is 2. The molecule has 0 spiro atoms. The van der Waals surface area contributed by atoms with Crippen LogP contribution in [0.15, 0.2) is 36.4 Å². The summed E-state index contributed by atoms with van der Waals surface area (Å²) in [5.74, 6) is -2.02. The van der Waals surface area contributed by atoms with Gasteiger partial charge in [0.15, 0.2) is 12.3 Å². The third kappa shape index (κ3) is 11.2. The van der Waals surface area contributed by atoms with Crippen molar-refractivity contribution in [3.05, 3.63) is 42.1 Å². The summed E-state index contributed by atoms with van der Waals surface area (Å²) in [6, 6.07) is 8.79. The molecule has 5 amide bonds. The van der Waals surface area contributed by atoms with Crippen LogP contribution in [0.4, 0.5) is 4.79 Å². The van der Waals surface area contributed by atoms with Gasteiger partial charge in [0.2, 0.25) is 17.7 Å². The first-order valence-corrected chi connectivity index (χ1v) is 20.1. The van der Waals surface area contributed by atoms with E-state index >= 15 is 0 Å². The van der Waals surface area contributed by atoms with Crippen molar-refractivity contribution in [1.82, 2.24) is 40.0 Å². The van der Waals surface area contributed by atoms with Crippen molar-refractivity contribution < 1.29 is 47.7 Å². The number of piperazine rings is 1. The van der Waals surface area contributed by atoms with Crippen molar-refractivity contribution in [3.8, 4) is 11.6 Å². The fourth-order valence-electron chi connectivity index (χ4n) is 7.22. The van der Waals surface area contributed by atoms with Gasteiger partial charge in [-0.15, -0.1) is 0 Å². The lowest BCUT2D eigenvalue weighted by Crippen LogP contribution is -2.56. The second kappa shape index (κ2) is 20.3. The Labute approximate surface area is 332 Å². The highest BCUT2D eigenvalue weighted by Gasteiger charge is 2.36. The van der Waals surface area contributed by atoms with Crippen LogP contribution in [-0.2, 0) is 33.4 Å². The summed E-state index contributed by atoms with van der Waals surface area (Å²) in [6.07, 6.45) is 3.61. The van der Waals surface area contributed by atoms with Crippen LogP contribution >= 0.6 is 0 Å². The number of hydrogen-bond acceptors (Lipinski definition) is 12. The van der Waals surface area contributed by atoms with E-state index in [9.17, 15) is 28.8 Å². The first-order valence-electron chi connectivity index (χ1n) is 20.1. The molecule has 2 N–H and O–H groups in total. The zero-order valence-electron chi connectivity index (χ0n) is 32.6. The summed E-state index contributed by atoms with van der Waals surface area (Å²) in [5.41, 5.74) is 0.475. The smallest absolute Gasteiger partial charge is 0.409 e. The number of benzene rings is 1. The molecule has 18 heteroatoms. The van der Waals surface area contributed by atoms with Gasteiger partial charge in [0.05, 0.1) is 25.5 Å². The van der Waals surface area contributed by atoms with Crippen molar-refractivity contribution >= 4 is 35.7 Å². The van der Waals surface area contributed by atoms with Crippen LogP contribution in [0, 0.1) is 0 Å². The van der Waals surface area contributed by atoms with Gasteiger partial charge >= 0.3 is 12.1 Å². The lowest BCUT2D eigenvalue weighted by Gasteiger charge is -2.35. The zero-order chi connectivity index (χ0) is 40.1. The molecule has 0 radical (unpaired) electrons. The number of carbonyl (C=O) groups is 6. The minimum Gasteiger partial charge on any atom is -0.467 e. The molecule has 4 fully saturated rings. The molecule has 1 saturated carbocycles. The fraction of sp³-hybridized carbons (Fsp3) is 0.615. The minimum absolute atomic E-state index is 0.0400. The van der Waals surface area contributed by atoms with E-state index in [0.717, 1.165) is 32.4 Å². The molecule has 1 aromatic carbocycles. The first-order chi connectivity index (χ1) is 27.7. The van der Waals surface area contributed by atoms with E-state index in [2.05, 4.69) is 20.6 Å².